The van der Waals surface area contributed by atoms with Crippen molar-refractivity contribution in [3.8, 4) is 11.1 Å². The Hall–Kier alpha value is -2.36. The van der Waals surface area contributed by atoms with Gasteiger partial charge in [0.15, 0.2) is 0 Å². The highest BCUT2D eigenvalue weighted by molar-refractivity contribution is 5.95. The van der Waals surface area contributed by atoms with Crippen LogP contribution in [0.3, 0.4) is 0 Å². The Morgan fingerprint density at radius 2 is 1.95 bits per heavy atom. The third kappa shape index (κ3) is 1.84. The SMILES string of the molecule is c1ccc2c(-c3cnoc3)cc(N3CCCC3)nc2c1. The molecule has 4 heteroatoms. The van der Waals surface area contributed by atoms with Crippen molar-refractivity contribution in [2.24, 2.45) is 0 Å². The van der Waals surface area contributed by atoms with E-state index in [1.165, 1.54) is 12.8 Å². The van der Waals surface area contributed by atoms with Gasteiger partial charge in [0, 0.05) is 24.0 Å². The smallest absolute Gasteiger partial charge is 0.131 e. The fraction of sp³-hybridized carbons (Fsp3) is 0.250. The molecule has 4 rings (SSSR count). The Labute approximate surface area is 117 Å². The van der Waals surface area contributed by atoms with Gasteiger partial charge in [-0.15, -0.1) is 0 Å². The monoisotopic (exact) mass is 265 g/mol. The average molecular weight is 265 g/mol. The fourth-order valence-electron chi connectivity index (χ4n) is 2.85. The molecule has 3 aromatic rings. The van der Waals surface area contributed by atoms with E-state index in [1.807, 2.05) is 12.1 Å². The van der Waals surface area contributed by atoms with Crippen LogP contribution in [0.5, 0.6) is 0 Å². The Bertz CT molecular complexity index is 731. The van der Waals surface area contributed by atoms with Gasteiger partial charge in [-0.05, 0) is 30.5 Å². The molecule has 4 nitrogen and oxygen atoms in total. The molecule has 1 aliphatic heterocycles. The molecule has 1 fully saturated rings. The molecule has 0 spiro atoms. The molecule has 1 aromatic carbocycles. The van der Waals surface area contributed by atoms with E-state index >= 15 is 0 Å². The molecule has 100 valence electrons. The van der Waals surface area contributed by atoms with Gasteiger partial charge in [0.05, 0.1) is 11.7 Å². The molecule has 3 heterocycles. The van der Waals surface area contributed by atoms with Gasteiger partial charge in [-0.1, -0.05) is 23.4 Å². The van der Waals surface area contributed by atoms with Crippen LogP contribution in [0, 0.1) is 0 Å². The summed E-state index contributed by atoms with van der Waals surface area (Å²) in [6, 6.07) is 10.4. The van der Waals surface area contributed by atoms with Gasteiger partial charge in [-0.2, -0.15) is 0 Å². The van der Waals surface area contributed by atoms with Crippen molar-refractivity contribution in [1.82, 2.24) is 10.1 Å². The minimum absolute atomic E-state index is 1.00. The molecule has 0 unspecified atom stereocenters. The maximum Gasteiger partial charge on any atom is 0.131 e. The predicted molar refractivity (Wildman–Crippen MR) is 78.7 cm³/mol. The zero-order valence-electron chi connectivity index (χ0n) is 11.1. The lowest BCUT2D eigenvalue weighted by Crippen LogP contribution is -2.19. The van der Waals surface area contributed by atoms with Gasteiger partial charge in [-0.25, -0.2) is 4.98 Å². The van der Waals surface area contributed by atoms with Crippen LogP contribution in [0.25, 0.3) is 22.0 Å². The Morgan fingerprint density at radius 1 is 1.10 bits per heavy atom. The van der Waals surface area contributed by atoms with Crippen LogP contribution < -0.4 is 4.90 Å². The highest BCUT2D eigenvalue weighted by Crippen LogP contribution is 2.32. The first-order chi connectivity index (χ1) is 9.92. The molecule has 0 saturated carbocycles. The van der Waals surface area contributed by atoms with Crippen molar-refractivity contribution in [3.05, 3.63) is 42.8 Å². The number of rotatable bonds is 2. The first kappa shape index (κ1) is 11.5. The molecular formula is C16H15N3O. The summed E-state index contributed by atoms with van der Waals surface area (Å²) in [6.07, 6.45) is 5.94. The molecule has 20 heavy (non-hydrogen) atoms. The lowest BCUT2D eigenvalue weighted by atomic mass is 10.0. The van der Waals surface area contributed by atoms with Gasteiger partial charge >= 0.3 is 0 Å². The van der Waals surface area contributed by atoms with Crippen LogP contribution in [-0.4, -0.2) is 23.2 Å². The van der Waals surface area contributed by atoms with Crippen molar-refractivity contribution >= 4 is 16.7 Å². The van der Waals surface area contributed by atoms with Gasteiger partial charge in [0.1, 0.15) is 12.1 Å². The van der Waals surface area contributed by atoms with Gasteiger partial charge in [0.2, 0.25) is 0 Å². The molecule has 0 radical (unpaired) electrons. The van der Waals surface area contributed by atoms with Gasteiger partial charge < -0.3 is 9.42 Å². The average Bonchev–Trinajstić information content (AvgIpc) is 3.19. The summed E-state index contributed by atoms with van der Waals surface area (Å²) in [5, 5.41) is 4.96. The Kier molecular flexibility index (Phi) is 2.66. The second kappa shape index (κ2) is 4.63. The summed E-state index contributed by atoms with van der Waals surface area (Å²) in [4.78, 5) is 7.15. The maximum absolute atomic E-state index is 5.00. The fourth-order valence-corrected chi connectivity index (χ4v) is 2.85. The standard InChI is InChI=1S/C16H15N3O/c1-2-6-15-13(5-1)14(12-10-17-20-11-12)9-16(18-15)19-7-3-4-8-19/h1-2,5-6,9-11H,3-4,7-8H2. The Morgan fingerprint density at radius 3 is 2.75 bits per heavy atom. The summed E-state index contributed by atoms with van der Waals surface area (Å²) in [6.45, 7) is 2.18. The highest BCUT2D eigenvalue weighted by atomic mass is 16.5. The minimum Gasteiger partial charge on any atom is -0.364 e. The molecule has 1 aliphatic rings. The molecule has 0 aliphatic carbocycles. The molecule has 0 amide bonds. The van der Waals surface area contributed by atoms with Crippen molar-refractivity contribution in [1.29, 1.82) is 0 Å². The van der Waals surface area contributed by atoms with Crippen LogP contribution in [-0.2, 0) is 0 Å². The first-order valence-corrected chi connectivity index (χ1v) is 6.96. The van der Waals surface area contributed by atoms with Crippen molar-refractivity contribution in [2.75, 3.05) is 18.0 Å². The Balaban J connectivity index is 1.94. The normalized spacial score (nSPS) is 15.1. The van der Waals surface area contributed by atoms with Crippen LogP contribution in [0.2, 0.25) is 0 Å². The van der Waals surface area contributed by atoms with Crippen LogP contribution in [0.4, 0.5) is 5.82 Å². The lowest BCUT2D eigenvalue weighted by molar-refractivity contribution is 0.420. The largest absolute Gasteiger partial charge is 0.364 e. The summed E-state index contributed by atoms with van der Waals surface area (Å²) in [5.74, 6) is 1.05. The molecule has 1 saturated heterocycles. The summed E-state index contributed by atoms with van der Waals surface area (Å²) in [7, 11) is 0. The van der Waals surface area contributed by atoms with Gasteiger partial charge in [0.25, 0.3) is 0 Å². The maximum atomic E-state index is 5.00. The summed E-state index contributed by atoms with van der Waals surface area (Å²) in [5.41, 5.74) is 3.16. The van der Waals surface area contributed by atoms with Crippen LogP contribution >= 0.6 is 0 Å². The minimum atomic E-state index is 1.00. The number of benzene rings is 1. The molecule has 0 atom stereocenters. The summed E-state index contributed by atoms with van der Waals surface area (Å²) >= 11 is 0. The zero-order valence-corrected chi connectivity index (χ0v) is 11.1. The number of fused-ring (bicyclic) bond motifs is 1. The summed E-state index contributed by atoms with van der Waals surface area (Å²) < 4.78 is 5.00. The molecule has 2 aromatic heterocycles. The highest BCUT2D eigenvalue weighted by Gasteiger charge is 2.16. The number of hydrogen-bond donors (Lipinski definition) is 0. The van der Waals surface area contributed by atoms with Crippen molar-refractivity contribution < 1.29 is 4.52 Å². The quantitative estimate of drug-likeness (QED) is 0.711. The van der Waals surface area contributed by atoms with Crippen molar-refractivity contribution in [3.63, 3.8) is 0 Å². The third-order valence-corrected chi connectivity index (χ3v) is 3.88. The van der Waals surface area contributed by atoms with Crippen LogP contribution in [0.1, 0.15) is 12.8 Å². The number of hydrogen-bond acceptors (Lipinski definition) is 4. The van der Waals surface area contributed by atoms with E-state index in [1.54, 1.807) is 12.5 Å². The lowest BCUT2D eigenvalue weighted by Gasteiger charge is -2.18. The number of anilines is 1. The third-order valence-electron chi connectivity index (χ3n) is 3.88. The first-order valence-electron chi connectivity index (χ1n) is 6.96. The van der Waals surface area contributed by atoms with E-state index in [4.69, 9.17) is 9.51 Å². The van der Waals surface area contributed by atoms with Crippen LogP contribution in [0.15, 0.2) is 47.3 Å². The van der Waals surface area contributed by atoms with E-state index in [2.05, 4.69) is 28.3 Å². The van der Waals surface area contributed by atoms with E-state index < -0.39 is 0 Å². The second-order valence-corrected chi connectivity index (χ2v) is 5.15. The molecule has 0 N–H and O–H groups in total. The van der Waals surface area contributed by atoms with Crippen molar-refractivity contribution in [2.45, 2.75) is 12.8 Å². The topological polar surface area (TPSA) is 42.2 Å². The van der Waals surface area contributed by atoms with Gasteiger partial charge in [-0.3, -0.25) is 0 Å². The number of nitrogens with zero attached hydrogens (tertiary/aromatic N) is 3. The molecule has 0 bridgehead atoms. The van der Waals surface area contributed by atoms with E-state index in [0.29, 0.717) is 0 Å². The zero-order chi connectivity index (χ0) is 13.4. The van der Waals surface area contributed by atoms with E-state index in [-0.39, 0.29) is 0 Å². The molecular weight excluding hydrogens is 250 g/mol. The number of aromatic nitrogens is 2. The number of para-hydroxylation sites is 1. The predicted octanol–water partition coefficient (Wildman–Crippen LogP) is 3.49. The second-order valence-electron chi connectivity index (χ2n) is 5.15. The van der Waals surface area contributed by atoms with E-state index in [0.717, 1.165) is 40.9 Å². The number of pyridine rings is 1. The van der Waals surface area contributed by atoms with E-state index in [9.17, 15) is 0 Å².